The lowest BCUT2D eigenvalue weighted by atomic mass is 9.94. The first-order valence-corrected chi connectivity index (χ1v) is 24.4. The zero-order valence-corrected chi connectivity index (χ0v) is 42.7. The van der Waals surface area contributed by atoms with Gasteiger partial charge in [-0.3, -0.25) is 23.7 Å². The highest BCUT2D eigenvalue weighted by Gasteiger charge is 2.35. The summed E-state index contributed by atoms with van der Waals surface area (Å²) < 4.78 is 22.7. The first-order valence-electron chi connectivity index (χ1n) is 22.3. The molecule has 17 heteroatoms. The van der Waals surface area contributed by atoms with E-state index in [0.29, 0.717) is 68.0 Å². The van der Waals surface area contributed by atoms with Gasteiger partial charge in [0.1, 0.15) is 12.0 Å². The van der Waals surface area contributed by atoms with E-state index < -0.39 is 19.7 Å². The van der Waals surface area contributed by atoms with Gasteiger partial charge in [0.15, 0.2) is 6.79 Å². The van der Waals surface area contributed by atoms with E-state index in [2.05, 4.69) is 53.5 Å². The molecule has 0 saturated carbocycles. The lowest BCUT2D eigenvalue weighted by molar-refractivity contribution is -0.176. The van der Waals surface area contributed by atoms with Crippen molar-refractivity contribution < 1.29 is 53.0 Å². The van der Waals surface area contributed by atoms with Crippen LogP contribution in [0, 0.1) is 28.6 Å². The molecule has 3 fully saturated rings. The second-order valence-electron chi connectivity index (χ2n) is 18.2. The average molecular weight is 941 g/mol. The average Bonchev–Trinajstić information content (AvgIpc) is 3.88. The summed E-state index contributed by atoms with van der Waals surface area (Å²) in [5.74, 6) is 1.40. The molecule has 366 valence electrons. The molecule has 2 atom stereocenters. The van der Waals surface area contributed by atoms with Crippen LogP contribution < -0.4 is 5.73 Å². The summed E-state index contributed by atoms with van der Waals surface area (Å²) >= 11 is 1.35. The zero-order valence-electron chi connectivity index (χ0n) is 41.0. The van der Waals surface area contributed by atoms with Gasteiger partial charge in [0, 0.05) is 43.5 Å². The summed E-state index contributed by atoms with van der Waals surface area (Å²) in [6.45, 7) is 30.1. The maximum atomic E-state index is 12.0. The van der Waals surface area contributed by atoms with Gasteiger partial charge in [0.25, 0.3) is 5.91 Å². The highest BCUT2D eigenvalue weighted by atomic mass is 32.1. The molecule has 3 saturated heterocycles. The molecular formula is C47H81N4O11PS. The SMILES string of the molecule is C/C(=C/C(C)(C)C)OOP(Cc1ccc2sc(C(N)=O)cc2c1)OCOC(=O)C(C)(C)C.CC.CC(C)[C@@H](C)CCC=O.CN1CCCC1.O.O=CN1CC(C(=O)N2CCOCC2)C1. The Labute approximate surface area is 388 Å². The molecule has 1 unspecified atom stereocenters. The monoisotopic (exact) mass is 941 g/mol. The lowest BCUT2D eigenvalue weighted by Crippen LogP contribution is -2.55. The van der Waals surface area contributed by atoms with E-state index >= 15 is 0 Å². The molecule has 5 rings (SSSR count). The third-order valence-corrected chi connectivity index (χ3v) is 12.3. The standard InChI is InChI=1S/C23H32NO6PS.C9H14N2O3.C8H16O.C5H11N.C2H6.H2O/c1-15(12-22(2,3)4)29-30-31(28-14-27-21(26)23(5,6)7)13-16-8-9-18-17(10-16)11-19(32-18)20(24)25;12-7-10-5-8(6-10)9(13)11-1-3-14-4-2-11;1-7(2)8(3)5-4-6-9;1-6-4-2-3-5-6;1-2;/h8-12H,13-14H2,1-7H3,(H2,24,25);7-8H,1-6H2;6-8H,4-5H2,1-3H3;2-5H2,1H3;1-2H3;1H2/b15-12-;;;;;/t;;8-;;;/m..0.../s1. The summed E-state index contributed by atoms with van der Waals surface area (Å²) in [5, 5.41) is 0.917. The van der Waals surface area contributed by atoms with Gasteiger partial charge < -0.3 is 45.1 Å². The normalized spacial score (nSPS) is 16.4. The Morgan fingerprint density at radius 3 is 2.06 bits per heavy atom. The number of amides is 3. The third-order valence-electron chi connectivity index (χ3n) is 9.96. The van der Waals surface area contributed by atoms with Gasteiger partial charge in [0.2, 0.25) is 20.7 Å². The Balaban J connectivity index is 0.00000101. The highest BCUT2D eigenvalue weighted by molar-refractivity contribution is 7.46. The second-order valence-corrected chi connectivity index (χ2v) is 20.7. The fourth-order valence-electron chi connectivity index (χ4n) is 5.98. The van der Waals surface area contributed by atoms with E-state index in [4.69, 9.17) is 29.3 Å². The fraction of sp³-hybridized carbons (Fsp3) is 0.681. The number of carbonyl (C=O) groups is 5. The predicted molar refractivity (Wildman–Crippen MR) is 257 cm³/mol. The van der Waals surface area contributed by atoms with Crippen LogP contribution in [-0.4, -0.2) is 117 Å². The molecule has 3 aliphatic rings. The molecule has 3 amide bonds. The number of thiophene rings is 1. The summed E-state index contributed by atoms with van der Waals surface area (Å²) in [6, 6.07) is 7.60. The Morgan fingerprint density at radius 2 is 1.58 bits per heavy atom. The molecule has 0 radical (unpaired) electrons. The van der Waals surface area contributed by atoms with E-state index in [1.54, 1.807) is 38.7 Å². The van der Waals surface area contributed by atoms with E-state index in [-0.39, 0.29) is 35.5 Å². The number of nitrogens with two attached hydrogens (primary N) is 1. The molecule has 15 nitrogen and oxygen atoms in total. The summed E-state index contributed by atoms with van der Waals surface area (Å²) in [4.78, 5) is 67.3. The van der Waals surface area contributed by atoms with Crippen LogP contribution in [0.1, 0.15) is 124 Å². The van der Waals surface area contributed by atoms with Gasteiger partial charge in [-0.25, -0.2) is 0 Å². The van der Waals surface area contributed by atoms with Crippen molar-refractivity contribution in [3.8, 4) is 0 Å². The molecule has 4 N–H and O–H groups in total. The minimum absolute atomic E-state index is 0. The van der Waals surface area contributed by atoms with Gasteiger partial charge in [-0.2, -0.15) is 0 Å². The minimum atomic E-state index is -1.57. The number of hydrogen-bond donors (Lipinski definition) is 1. The van der Waals surface area contributed by atoms with Crippen molar-refractivity contribution in [3.05, 3.63) is 46.5 Å². The molecule has 0 bridgehead atoms. The van der Waals surface area contributed by atoms with E-state index in [0.717, 1.165) is 41.2 Å². The van der Waals surface area contributed by atoms with Gasteiger partial charge in [-0.15, -0.1) is 16.0 Å². The van der Waals surface area contributed by atoms with E-state index in [1.807, 2.05) is 43.0 Å². The van der Waals surface area contributed by atoms with Gasteiger partial charge in [-0.05, 0) is 120 Å². The zero-order chi connectivity index (χ0) is 47.8. The van der Waals surface area contributed by atoms with Crippen LogP contribution >= 0.6 is 19.7 Å². The number of nitrogens with zero attached hydrogens (tertiary/aromatic N) is 3. The molecule has 0 spiro atoms. The Kier molecular flexibility index (Phi) is 29.7. The maximum absolute atomic E-state index is 12.0. The van der Waals surface area contributed by atoms with Crippen molar-refractivity contribution in [2.75, 3.05) is 66.3 Å². The predicted octanol–water partition coefficient (Wildman–Crippen LogP) is 8.38. The topological polar surface area (TPSA) is 199 Å². The largest absolute Gasteiger partial charge is 0.438 e. The number of rotatable bonds is 15. The molecule has 2 aromatic rings. The number of aldehydes is 1. The van der Waals surface area contributed by atoms with Gasteiger partial charge >= 0.3 is 5.97 Å². The van der Waals surface area contributed by atoms with Crippen LogP contribution in [0.15, 0.2) is 36.1 Å². The van der Waals surface area contributed by atoms with Crippen LogP contribution in [-0.2, 0) is 48.9 Å². The third kappa shape index (κ3) is 24.7. The van der Waals surface area contributed by atoms with Crippen molar-refractivity contribution in [1.82, 2.24) is 14.7 Å². The van der Waals surface area contributed by atoms with E-state index in [9.17, 15) is 24.0 Å². The number of allylic oxidation sites excluding steroid dienone is 2. The number of likely N-dealkylation sites (tertiary alicyclic amines) is 2. The Hall–Kier alpha value is -3.50. The quantitative estimate of drug-likeness (QED) is 0.0342. The Bertz CT molecular complexity index is 1690. The van der Waals surface area contributed by atoms with E-state index in [1.165, 1.54) is 37.3 Å². The first kappa shape index (κ1) is 60.5. The number of ether oxygens (including phenoxy) is 2. The lowest BCUT2D eigenvalue weighted by Gasteiger charge is -2.39. The highest BCUT2D eigenvalue weighted by Crippen LogP contribution is 2.44. The van der Waals surface area contributed by atoms with Crippen molar-refractivity contribution in [1.29, 1.82) is 0 Å². The number of primary amides is 1. The molecule has 64 heavy (non-hydrogen) atoms. The van der Waals surface area contributed by atoms with Crippen LogP contribution in [0.3, 0.4) is 0 Å². The van der Waals surface area contributed by atoms with Crippen LogP contribution in [0.2, 0.25) is 0 Å². The molecule has 0 aliphatic carbocycles. The number of benzene rings is 1. The van der Waals surface area contributed by atoms with Crippen LogP contribution in [0.25, 0.3) is 10.1 Å². The Morgan fingerprint density at radius 1 is 0.969 bits per heavy atom. The first-order chi connectivity index (χ1) is 29.6. The molecule has 1 aromatic heterocycles. The van der Waals surface area contributed by atoms with Gasteiger partial charge in [0.05, 0.1) is 29.4 Å². The van der Waals surface area contributed by atoms with Gasteiger partial charge in [-0.1, -0.05) is 61.5 Å². The number of hydrogen-bond acceptors (Lipinski definition) is 12. The summed E-state index contributed by atoms with van der Waals surface area (Å²) in [5.41, 5.74) is 5.62. The number of esters is 1. The molecular weight excluding hydrogens is 860 g/mol. The fourth-order valence-corrected chi connectivity index (χ4v) is 7.93. The van der Waals surface area contributed by atoms with Crippen LogP contribution in [0.5, 0.6) is 0 Å². The van der Waals surface area contributed by atoms with Crippen molar-refractivity contribution in [2.45, 2.75) is 115 Å². The van der Waals surface area contributed by atoms with Crippen molar-refractivity contribution in [3.63, 3.8) is 0 Å². The number of carbonyl (C=O) groups excluding carboxylic acids is 5. The number of morpholine rings is 1. The molecule has 1 aromatic carbocycles. The summed E-state index contributed by atoms with van der Waals surface area (Å²) in [6.07, 6.45) is 8.74. The van der Waals surface area contributed by atoms with Crippen LogP contribution in [0.4, 0.5) is 0 Å². The second kappa shape index (κ2) is 31.4. The smallest absolute Gasteiger partial charge is 0.313 e. The summed E-state index contributed by atoms with van der Waals surface area (Å²) in [7, 11) is 0.607. The number of fused-ring (bicyclic) bond motifs is 1. The minimum Gasteiger partial charge on any atom is -0.438 e. The molecule has 4 heterocycles. The maximum Gasteiger partial charge on any atom is 0.313 e. The molecule has 3 aliphatic heterocycles. The van der Waals surface area contributed by atoms with Crippen molar-refractivity contribution in [2.24, 2.45) is 34.3 Å². The van der Waals surface area contributed by atoms with Crippen molar-refractivity contribution >= 4 is 60.3 Å².